The third-order valence-electron chi connectivity index (χ3n) is 5.54. The van der Waals surface area contributed by atoms with Crippen molar-refractivity contribution in [3.8, 4) is 17.4 Å². The summed E-state index contributed by atoms with van der Waals surface area (Å²) >= 11 is 0. The van der Waals surface area contributed by atoms with Gasteiger partial charge in [-0.15, -0.1) is 0 Å². The molecule has 2 aliphatic rings. The van der Waals surface area contributed by atoms with E-state index in [1.165, 1.54) is 0 Å². The second kappa shape index (κ2) is 8.96. The number of benzene rings is 1. The number of hydrogen-bond acceptors (Lipinski definition) is 7. The average molecular weight is 436 g/mol. The van der Waals surface area contributed by atoms with E-state index in [1.807, 2.05) is 49.8 Å². The predicted molar refractivity (Wildman–Crippen MR) is 120 cm³/mol. The molecule has 0 amide bonds. The van der Waals surface area contributed by atoms with Gasteiger partial charge in [0.05, 0.1) is 11.9 Å². The van der Waals surface area contributed by atoms with Gasteiger partial charge in [-0.1, -0.05) is 0 Å². The smallest absolute Gasteiger partial charge is 0.219 e. The number of fused-ring (bicyclic) bond motifs is 1. The number of aryl methyl sites for hydroxylation is 1. The van der Waals surface area contributed by atoms with Crippen LogP contribution in [0.4, 0.5) is 15.9 Å². The third kappa shape index (κ3) is 4.57. The lowest BCUT2D eigenvalue weighted by atomic mass is 10.1. The minimum absolute atomic E-state index is 0.478. The van der Waals surface area contributed by atoms with Crippen LogP contribution in [0, 0.1) is 0 Å². The van der Waals surface area contributed by atoms with Crippen LogP contribution in [-0.4, -0.2) is 65.0 Å². The number of ether oxygens (including phenoxy) is 2. The van der Waals surface area contributed by atoms with E-state index in [1.54, 1.807) is 16.9 Å². The summed E-state index contributed by atoms with van der Waals surface area (Å²) < 4.78 is 26.6. The topological polar surface area (TPSA) is 68.0 Å². The molecule has 1 fully saturated rings. The molecule has 0 aliphatic carbocycles. The molecule has 0 spiro atoms. The minimum atomic E-state index is -0.707. The van der Waals surface area contributed by atoms with E-state index in [9.17, 15) is 4.39 Å². The molecule has 2 aliphatic heterocycles. The summed E-state index contributed by atoms with van der Waals surface area (Å²) in [5.74, 6) is 2.67. The lowest BCUT2D eigenvalue weighted by Crippen LogP contribution is -2.26. The Kier molecular flexibility index (Phi) is 5.72. The van der Waals surface area contributed by atoms with Crippen molar-refractivity contribution in [3.05, 3.63) is 54.4 Å². The Morgan fingerprint density at radius 1 is 1.16 bits per heavy atom. The van der Waals surface area contributed by atoms with Crippen molar-refractivity contribution in [3.63, 3.8) is 0 Å². The lowest BCUT2D eigenvalue weighted by molar-refractivity contribution is 0.224. The highest BCUT2D eigenvalue weighted by molar-refractivity contribution is 5.92. The number of hydrogen-bond donors (Lipinski definition) is 0. The highest BCUT2D eigenvalue weighted by Gasteiger charge is 2.21. The van der Waals surface area contributed by atoms with E-state index >= 15 is 0 Å². The number of pyridine rings is 1. The first kappa shape index (κ1) is 20.4. The van der Waals surface area contributed by atoms with E-state index in [0.29, 0.717) is 50.2 Å². The highest BCUT2D eigenvalue weighted by atomic mass is 19.1. The second-order valence-corrected chi connectivity index (χ2v) is 7.92. The van der Waals surface area contributed by atoms with Crippen molar-refractivity contribution >= 4 is 17.7 Å². The van der Waals surface area contributed by atoms with Crippen molar-refractivity contribution < 1.29 is 13.9 Å². The van der Waals surface area contributed by atoms with Crippen LogP contribution >= 0.6 is 0 Å². The number of halogens is 1. The number of likely N-dealkylation sites (tertiary alicyclic amines) is 1. The maximum Gasteiger partial charge on any atom is 0.219 e. The fraction of sp³-hybridized carbons (Fsp3) is 0.348. The molecule has 32 heavy (non-hydrogen) atoms. The molecular formula is C23H25FN6O2. The summed E-state index contributed by atoms with van der Waals surface area (Å²) in [7, 11) is 1.89. The lowest BCUT2D eigenvalue weighted by Gasteiger charge is -2.25. The zero-order valence-electron chi connectivity index (χ0n) is 17.9. The molecule has 1 saturated heterocycles. The van der Waals surface area contributed by atoms with Gasteiger partial charge in [-0.25, -0.2) is 9.37 Å². The third-order valence-corrected chi connectivity index (χ3v) is 5.54. The van der Waals surface area contributed by atoms with Crippen LogP contribution in [0.3, 0.4) is 0 Å². The Balaban J connectivity index is 1.20. The first-order valence-electron chi connectivity index (χ1n) is 10.7. The van der Waals surface area contributed by atoms with Gasteiger partial charge in [0.25, 0.3) is 0 Å². The second-order valence-electron chi connectivity index (χ2n) is 7.92. The van der Waals surface area contributed by atoms with Crippen LogP contribution in [0.2, 0.25) is 0 Å². The van der Waals surface area contributed by atoms with Gasteiger partial charge in [0.15, 0.2) is 5.82 Å². The molecule has 2 aromatic heterocycles. The van der Waals surface area contributed by atoms with Crippen LogP contribution < -0.4 is 14.4 Å². The van der Waals surface area contributed by atoms with Crippen LogP contribution in [0.1, 0.15) is 12.0 Å². The number of rotatable bonds is 7. The molecule has 0 N–H and O–H groups in total. The summed E-state index contributed by atoms with van der Waals surface area (Å²) in [4.78, 5) is 12.9. The summed E-state index contributed by atoms with van der Waals surface area (Å²) in [5.41, 5.74) is 1.98. The summed E-state index contributed by atoms with van der Waals surface area (Å²) in [6.45, 7) is 3.04. The van der Waals surface area contributed by atoms with Gasteiger partial charge in [0, 0.05) is 56.8 Å². The van der Waals surface area contributed by atoms with E-state index in [-0.39, 0.29) is 0 Å². The molecule has 0 saturated carbocycles. The zero-order chi connectivity index (χ0) is 21.9. The average Bonchev–Trinajstić information content (AvgIpc) is 3.42. The van der Waals surface area contributed by atoms with Crippen molar-refractivity contribution in [1.82, 2.24) is 19.7 Å². The number of anilines is 2. The highest BCUT2D eigenvalue weighted by Crippen LogP contribution is 2.33. The minimum Gasteiger partial charge on any atom is -0.491 e. The van der Waals surface area contributed by atoms with Crippen molar-refractivity contribution in [2.45, 2.75) is 12.6 Å². The van der Waals surface area contributed by atoms with Gasteiger partial charge < -0.3 is 14.4 Å². The molecule has 8 nitrogen and oxygen atoms in total. The van der Waals surface area contributed by atoms with E-state index in [4.69, 9.17) is 9.47 Å². The van der Waals surface area contributed by atoms with Gasteiger partial charge in [0.2, 0.25) is 5.88 Å². The van der Waals surface area contributed by atoms with Gasteiger partial charge in [-0.2, -0.15) is 5.10 Å². The molecule has 3 aromatic rings. The first-order chi connectivity index (χ1) is 15.6. The maximum absolute atomic E-state index is 13.2. The quantitative estimate of drug-likeness (QED) is 0.564. The Hall–Kier alpha value is -3.46. The molecule has 1 atom stereocenters. The monoisotopic (exact) mass is 436 g/mol. The summed E-state index contributed by atoms with van der Waals surface area (Å²) in [6.07, 6.45) is 5.30. The van der Waals surface area contributed by atoms with E-state index in [0.717, 1.165) is 23.6 Å². The van der Waals surface area contributed by atoms with Crippen molar-refractivity contribution in [1.29, 1.82) is 0 Å². The molecule has 1 aromatic carbocycles. The Morgan fingerprint density at radius 3 is 2.81 bits per heavy atom. The molecule has 166 valence electrons. The van der Waals surface area contributed by atoms with Gasteiger partial charge >= 0.3 is 0 Å². The van der Waals surface area contributed by atoms with Crippen molar-refractivity contribution in [2.75, 3.05) is 37.8 Å². The fourth-order valence-corrected chi connectivity index (χ4v) is 3.90. The largest absolute Gasteiger partial charge is 0.491 e. The normalized spacial score (nSPS) is 18.1. The number of alkyl halides is 1. The number of aromatic nitrogens is 3. The Bertz CT molecular complexity index is 1100. The van der Waals surface area contributed by atoms with Crippen LogP contribution in [-0.2, 0) is 7.05 Å². The van der Waals surface area contributed by atoms with Gasteiger partial charge in [0.1, 0.15) is 30.9 Å². The molecule has 0 radical (unpaired) electrons. The molecule has 0 unspecified atom stereocenters. The zero-order valence-corrected chi connectivity index (χ0v) is 17.9. The summed E-state index contributed by atoms with van der Waals surface area (Å²) in [5, 5.41) is 4.47. The molecule has 0 bridgehead atoms. The first-order valence-corrected chi connectivity index (χ1v) is 10.7. The molecule has 5 rings (SSSR count). The molecule has 4 heterocycles. The molecule has 9 heteroatoms. The van der Waals surface area contributed by atoms with Crippen LogP contribution in [0.5, 0.6) is 17.4 Å². The fourth-order valence-electron chi connectivity index (χ4n) is 3.90. The van der Waals surface area contributed by atoms with Crippen LogP contribution in [0.15, 0.2) is 53.8 Å². The van der Waals surface area contributed by atoms with E-state index in [2.05, 4.69) is 24.9 Å². The van der Waals surface area contributed by atoms with E-state index < -0.39 is 6.17 Å². The van der Waals surface area contributed by atoms with Crippen LogP contribution in [0.25, 0.3) is 0 Å². The SMILES string of the molecule is Cn1ccc(N2CN=Cc3cc(Oc4ccc(OCCN5CC[C@@H](F)C5)cn4)ccc32)n1. The Labute approximate surface area is 185 Å². The molecular weight excluding hydrogens is 411 g/mol. The summed E-state index contributed by atoms with van der Waals surface area (Å²) in [6, 6.07) is 11.4. The maximum atomic E-state index is 13.2. The van der Waals surface area contributed by atoms with Gasteiger partial charge in [-0.05, 0) is 30.7 Å². The number of nitrogens with zero attached hydrogens (tertiary/aromatic N) is 6. The van der Waals surface area contributed by atoms with Gasteiger partial charge in [-0.3, -0.25) is 14.6 Å². The number of aliphatic imine (C=N–C) groups is 1. The Morgan fingerprint density at radius 2 is 2.06 bits per heavy atom. The standard InChI is InChI=1S/C23H25FN6O2/c1-28-8-7-22(27-28)30-16-25-13-17-12-19(2-4-21(17)30)32-23-5-3-20(14-26-23)31-11-10-29-9-6-18(24)15-29/h2-5,7-8,12-14,18H,6,9-11,15-16H2,1H3/t18-/m1/s1. The van der Waals surface area contributed by atoms with Crippen molar-refractivity contribution in [2.24, 2.45) is 12.0 Å². The predicted octanol–water partition coefficient (Wildman–Crippen LogP) is 3.56.